The maximum atomic E-state index is 12.7. The van der Waals surface area contributed by atoms with Gasteiger partial charge in [0, 0.05) is 41.3 Å². The van der Waals surface area contributed by atoms with Gasteiger partial charge in [0.15, 0.2) is 10.3 Å². The van der Waals surface area contributed by atoms with Gasteiger partial charge in [-0.05, 0) is 31.2 Å². The summed E-state index contributed by atoms with van der Waals surface area (Å²) in [5.41, 5.74) is 0.856. The summed E-state index contributed by atoms with van der Waals surface area (Å²) in [6.45, 7) is 1.95. The highest BCUT2D eigenvalue weighted by atomic mass is 32.2. The smallest absolute Gasteiger partial charge is 0.263 e. The lowest BCUT2D eigenvalue weighted by Gasteiger charge is -2.24. The molecule has 2 N–H and O–H groups in total. The molecule has 1 aliphatic rings. The minimum absolute atomic E-state index is 0.0611. The number of aryl methyl sites for hydroxylation is 1. The first kappa shape index (κ1) is 20.6. The molecule has 2 aromatic heterocycles. The van der Waals surface area contributed by atoms with Gasteiger partial charge in [0.05, 0.1) is 10.8 Å². The van der Waals surface area contributed by atoms with Crippen molar-refractivity contribution in [1.82, 2.24) is 14.5 Å². The van der Waals surface area contributed by atoms with Gasteiger partial charge in [-0.25, -0.2) is 18.4 Å². The topological polar surface area (TPSA) is 123 Å². The number of nitrogens with one attached hydrogen (secondary N) is 2. The zero-order valence-corrected chi connectivity index (χ0v) is 18.2. The molecule has 1 aliphatic heterocycles. The molecule has 12 heteroatoms. The monoisotopic (exact) mass is 463 g/mol. The van der Waals surface area contributed by atoms with E-state index in [0.717, 1.165) is 0 Å². The Morgan fingerprint density at radius 2 is 2.00 bits per heavy atom. The largest absolute Gasteiger partial charge is 0.326 e. The lowest BCUT2D eigenvalue weighted by molar-refractivity contribution is -0.119. The van der Waals surface area contributed by atoms with Crippen molar-refractivity contribution < 1.29 is 13.2 Å². The van der Waals surface area contributed by atoms with Crippen LogP contribution >= 0.6 is 23.1 Å². The van der Waals surface area contributed by atoms with Crippen LogP contribution in [-0.2, 0) is 21.4 Å². The molecule has 3 heterocycles. The third-order valence-corrected chi connectivity index (χ3v) is 7.78. The van der Waals surface area contributed by atoms with Gasteiger partial charge in [-0.2, -0.15) is 0 Å². The van der Waals surface area contributed by atoms with Gasteiger partial charge in [0.25, 0.3) is 15.6 Å². The van der Waals surface area contributed by atoms with E-state index in [-0.39, 0.29) is 28.0 Å². The summed E-state index contributed by atoms with van der Waals surface area (Å²) in [5, 5.41) is 5.35. The van der Waals surface area contributed by atoms with Crippen molar-refractivity contribution >= 4 is 49.8 Å². The maximum Gasteiger partial charge on any atom is 0.263 e. The molecule has 9 nitrogen and oxygen atoms in total. The van der Waals surface area contributed by atoms with Gasteiger partial charge < -0.3 is 5.32 Å². The van der Waals surface area contributed by atoms with E-state index >= 15 is 0 Å². The van der Waals surface area contributed by atoms with Crippen LogP contribution in [0.1, 0.15) is 5.56 Å². The van der Waals surface area contributed by atoms with Gasteiger partial charge in [0.2, 0.25) is 5.91 Å². The molecule has 0 bridgehead atoms. The van der Waals surface area contributed by atoms with Crippen LogP contribution in [0.2, 0.25) is 0 Å². The third-order valence-electron chi connectivity index (χ3n) is 4.46. The van der Waals surface area contributed by atoms with Gasteiger partial charge in [-0.15, -0.1) is 11.3 Å². The molecule has 30 heavy (non-hydrogen) atoms. The molecule has 1 aromatic carbocycles. The van der Waals surface area contributed by atoms with Crippen LogP contribution in [0, 0.1) is 12.8 Å². The molecule has 156 valence electrons. The second-order valence-electron chi connectivity index (χ2n) is 6.60. The molecule has 0 aliphatic carbocycles. The van der Waals surface area contributed by atoms with Gasteiger partial charge in [0.1, 0.15) is 0 Å². The Labute approximate surface area is 180 Å². The highest BCUT2D eigenvalue weighted by molar-refractivity contribution is 7.99. The predicted octanol–water partition coefficient (Wildman–Crippen LogP) is 2.17. The molecule has 0 saturated carbocycles. The number of sulfonamides is 1. The molecular formula is C18H17N5O4S3. The van der Waals surface area contributed by atoms with Gasteiger partial charge in [-0.3, -0.25) is 18.9 Å². The lowest BCUT2D eigenvalue weighted by Crippen LogP contribution is -2.37. The Morgan fingerprint density at radius 3 is 2.70 bits per heavy atom. The Bertz CT molecular complexity index is 1240. The van der Waals surface area contributed by atoms with Crippen molar-refractivity contribution in [3.8, 4) is 0 Å². The van der Waals surface area contributed by atoms with E-state index in [1.165, 1.54) is 58.1 Å². The third kappa shape index (κ3) is 4.25. The number of rotatable bonds is 5. The average Bonchev–Trinajstić information content (AvgIpc) is 3.23. The quantitative estimate of drug-likeness (QED) is 0.556. The van der Waals surface area contributed by atoms with Crippen LogP contribution in [-0.4, -0.2) is 34.6 Å². The van der Waals surface area contributed by atoms with Crippen LogP contribution in [0.3, 0.4) is 0 Å². The van der Waals surface area contributed by atoms with E-state index in [9.17, 15) is 18.0 Å². The molecular weight excluding hydrogens is 446 g/mol. The number of hydrogen-bond acceptors (Lipinski definition) is 8. The van der Waals surface area contributed by atoms with E-state index in [2.05, 4.69) is 20.0 Å². The minimum atomic E-state index is -3.75. The number of carbonyl (C=O) groups excluding carboxylic acids is 1. The Balaban J connectivity index is 1.44. The zero-order valence-electron chi connectivity index (χ0n) is 15.7. The van der Waals surface area contributed by atoms with E-state index in [1.54, 1.807) is 18.5 Å². The van der Waals surface area contributed by atoms with Crippen LogP contribution < -0.4 is 15.6 Å². The highest BCUT2D eigenvalue weighted by Crippen LogP contribution is 2.26. The van der Waals surface area contributed by atoms with Crippen molar-refractivity contribution in [3.05, 3.63) is 58.0 Å². The van der Waals surface area contributed by atoms with Crippen LogP contribution in [0.25, 0.3) is 0 Å². The fourth-order valence-electron chi connectivity index (χ4n) is 2.87. The fraction of sp³-hybridized carbons (Fsp3) is 0.222. The Morgan fingerprint density at radius 1 is 1.23 bits per heavy atom. The molecule has 0 radical (unpaired) electrons. The molecule has 0 fully saturated rings. The number of carbonyl (C=O) groups is 1. The van der Waals surface area contributed by atoms with Crippen molar-refractivity contribution in [2.24, 2.45) is 5.92 Å². The number of fused-ring (bicyclic) bond motifs is 1. The molecule has 4 rings (SSSR count). The normalized spacial score (nSPS) is 16.0. The number of anilines is 2. The van der Waals surface area contributed by atoms with Gasteiger partial charge >= 0.3 is 0 Å². The first-order valence-corrected chi connectivity index (χ1v) is 12.2. The van der Waals surface area contributed by atoms with Crippen LogP contribution in [0.4, 0.5) is 10.8 Å². The second-order valence-corrected chi connectivity index (χ2v) is 10.2. The minimum Gasteiger partial charge on any atom is -0.326 e. The predicted molar refractivity (Wildman–Crippen MR) is 115 cm³/mol. The lowest BCUT2D eigenvalue weighted by atomic mass is 10.1. The van der Waals surface area contributed by atoms with Crippen LogP contribution in [0.5, 0.6) is 0 Å². The summed E-state index contributed by atoms with van der Waals surface area (Å²) in [6, 6.07) is 5.87. The van der Waals surface area contributed by atoms with Crippen molar-refractivity contribution in [1.29, 1.82) is 0 Å². The Hall–Kier alpha value is -2.70. The molecule has 1 amide bonds. The second kappa shape index (κ2) is 8.20. The fourth-order valence-corrected chi connectivity index (χ4v) is 5.71. The summed E-state index contributed by atoms with van der Waals surface area (Å²) in [4.78, 5) is 33.2. The molecule has 1 atom stereocenters. The summed E-state index contributed by atoms with van der Waals surface area (Å²) in [6.07, 6.45) is 3.05. The number of thiazole rings is 1. The summed E-state index contributed by atoms with van der Waals surface area (Å²) in [5.74, 6) is -0.136. The summed E-state index contributed by atoms with van der Waals surface area (Å²) >= 11 is 2.54. The zero-order chi connectivity index (χ0) is 21.3. The van der Waals surface area contributed by atoms with Crippen molar-refractivity contribution in [2.45, 2.75) is 23.5 Å². The number of hydrogen-bond donors (Lipinski definition) is 2. The number of nitrogens with zero attached hydrogens (tertiary/aromatic N) is 3. The number of amides is 1. The van der Waals surface area contributed by atoms with E-state index in [0.29, 0.717) is 22.2 Å². The first-order valence-electron chi connectivity index (χ1n) is 8.86. The number of benzene rings is 1. The maximum absolute atomic E-state index is 12.7. The molecule has 0 spiro atoms. The molecule has 1 unspecified atom stereocenters. The van der Waals surface area contributed by atoms with Crippen molar-refractivity contribution in [2.75, 3.05) is 15.8 Å². The van der Waals surface area contributed by atoms with E-state index < -0.39 is 15.9 Å². The standard InChI is InChI=1S/C18H17N5O4S3/c1-11-8-20-18-23(16(11)25)9-12(10-29-18)15(24)21-13-2-4-14(5-3-13)30(26,27)22-17-19-6-7-28-17/h2-8,12H,9-10H2,1H3,(H,19,22)(H,21,24). The van der Waals surface area contributed by atoms with Crippen LogP contribution in [0.15, 0.2) is 56.9 Å². The van der Waals surface area contributed by atoms with Crippen molar-refractivity contribution in [3.63, 3.8) is 0 Å². The average molecular weight is 464 g/mol. The summed E-state index contributed by atoms with van der Waals surface area (Å²) < 4.78 is 28.7. The van der Waals surface area contributed by atoms with E-state index in [4.69, 9.17) is 0 Å². The summed E-state index contributed by atoms with van der Waals surface area (Å²) in [7, 11) is -3.75. The number of aromatic nitrogens is 3. The highest BCUT2D eigenvalue weighted by Gasteiger charge is 2.27. The molecule has 0 saturated heterocycles. The number of thioether (sulfide) groups is 1. The van der Waals surface area contributed by atoms with Gasteiger partial charge in [-0.1, -0.05) is 11.8 Å². The first-order chi connectivity index (χ1) is 14.3. The SMILES string of the molecule is Cc1cnc2n(c1=O)CC(C(=O)Nc1ccc(S(=O)(=O)Nc3nccs3)cc1)CS2. The molecule has 3 aromatic rings. The Kier molecular flexibility index (Phi) is 5.62. The van der Waals surface area contributed by atoms with E-state index in [1.807, 2.05) is 0 Å².